The molecule has 14 heteroatoms. The van der Waals surface area contributed by atoms with Gasteiger partial charge in [0, 0.05) is 43.7 Å². The van der Waals surface area contributed by atoms with Crippen LogP contribution in [0, 0.1) is 28.5 Å². The molecule has 0 saturated carbocycles. The summed E-state index contributed by atoms with van der Waals surface area (Å²) < 4.78 is 80.9. The highest BCUT2D eigenvalue weighted by atomic mass is 35.5. The number of carbonyl (C=O) groups excluding carboxylic acids is 1. The van der Waals surface area contributed by atoms with Gasteiger partial charge in [-0.1, -0.05) is 18.5 Å². The van der Waals surface area contributed by atoms with Gasteiger partial charge in [0.05, 0.1) is 22.8 Å². The van der Waals surface area contributed by atoms with Crippen LogP contribution >= 0.6 is 11.6 Å². The van der Waals surface area contributed by atoms with Crippen molar-refractivity contribution in [1.29, 1.82) is 10.8 Å². The lowest BCUT2D eigenvalue weighted by Crippen LogP contribution is -2.58. The van der Waals surface area contributed by atoms with E-state index in [0.717, 1.165) is 6.20 Å². The van der Waals surface area contributed by atoms with Crippen molar-refractivity contribution in [2.24, 2.45) is 11.8 Å². The highest BCUT2D eigenvalue weighted by molar-refractivity contribution is 6.31. The first-order valence-electron chi connectivity index (χ1n) is 11.4. The number of carbonyl (C=O) groups is 1. The standard InChI is InChI=1S/C23H23ClF6N6O/c1-11-9-34(19-13-2-3-15(24)17(25)18(13)33-8-14(19)20(26)27)5-4-12(11)21(37)35-6-7-36(16(31)10-35)22(32)23(28,29)30/h2-3,8,11-12,20,31-32H,4-7,9-10H2,1H3. The lowest BCUT2D eigenvalue weighted by Gasteiger charge is -2.42. The molecular weight excluding hydrogens is 526 g/mol. The van der Waals surface area contributed by atoms with E-state index in [9.17, 15) is 31.1 Å². The van der Waals surface area contributed by atoms with Crippen LogP contribution in [0.4, 0.5) is 32.0 Å². The number of anilines is 1. The second kappa shape index (κ2) is 9.99. The molecule has 200 valence electrons. The van der Waals surface area contributed by atoms with E-state index in [4.69, 9.17) is 22.4 Å². The summed E-state index contributed by atoms with van der Waals surface area (Å²) in [6.45, 7) is 1.37. The molecule has 7 nitrogen and oxygen atoms in total. The van der Waals surface area contributed by atoms with Crippen LogP contribution in [0.15, 0.2) is 18.3 Å². The van der Waals surface area contributed by atoms with Gasteiger partial charge in [-0.05, 0) is 24.5 Å². The zero-order chi connectivity index (χ0) is 27.2. The minimum atomic E-state index is -4.90. The Morgan fingerprint density at radius 3 is 2.51 bits per heavy atom. The van der Waals surface area contributed by atoms with E-state index in [-0.39, 0.29) is 78.1 Å². The molecule has 0 radical (unpaired) electrons. The summed E-state index contributed by atoms with van der Waals surface area (Å²) in [5.74, 6) is -4.21. The number of piperazine rings is 1. The molecule has 2 aromatic rings. The van der Waals surface area contributed by atoms with Crippen LogP contribution in [0.2, 0.25) is 5.02 Å². The number of aromatic nitrogens is 1. The SMILES string of the molecule is CC1CN(c2c(C(F)F)cnc3c(F)c(Cl)ccc23)CCC1C(=O)N1CCN(C(=N)C(F)(F)F)C(=N)C1. The van der Waals surface area contributed by atoms with Gasteiger partial charge in [0.1, 0.15) is 11.4 Å². The van der Waals surface area contributed by atoms with Gasteiger partial charge in [0.15, 0.2) is 5.82 Å². The van der Waals surface area contributed by atoms with E-state index in [1.165, 1.54) is 17.0 Å². The maximum atomic E-state index is 14.6. The van der Waals surface area contributed by atoms with Crippen molar-refractivity contribution in [2.75, 3.05) is 37.6 Å². The number of amidine groups is 2. The van der Waals surface area contributed by atoms with Gasteiger partial charge in [-0.15, -0.1) is 0 Å². The summed E-state index contributed by atoms with van der Waals surface area (Å²) >= 11 is 5.83. The summed E-state index contributed by atoms with van der Waals surface area (Å²) in [7, 11) is 0. The van der Waals surface area contributed by atoms with Crippen molar-refractivity contribution in [2.45, 2.75) is 25.9 Å². The Balaban J connectivity index is 1.52. The van der Waals surface area contributed by atoms with E-state index in [2.05, 4.69) is 4.98 Å². The van der Waals surface area contributed by atoms with Gasteiger partial charge < -0.3 is 14.7 Å². The molecule has 2 N–H and O–H groups in total. The Labute approximate surface area is 213 Å². The molecule has 0 bridgehead atoms. The van der Waals surface area contributed by atoms with E-state index in [1.54, 1.807) is 11.8 Å². The van der Waals surface area contributed by atoms with Crippen molar-refractivity contribution in [3.63, 3.8) is 0 Å². The predicted molar refractivity (Wildman–Crippen MR) is 126 cm³/mol. The van der Waals surface area contributed by atoms with Crippen molar-refractivity contribution in [3.8, 4) is 0 Å². The molecule has 4 rings (SSSR count). The zero-order valence-electron chi connectivity index (χ0n) is 19.5. The molecule has 0 spiro atoms. The Bertz CT molecular complexity index is 1250. The molecule has 1 aromatic carbocycles. The number of rotatable bonds is 3. The summed E-state index contributed by atoms with van der Waals surface area (Å²) in [5.41, 5.74) is -0.393. The fraction of sp³-hybridized carbons (Fsp3) is 0.478. The Hall–Kier alpha value is -3.09. The summed E-state index contributed by atoms with van der Waals surface area (Å²) in [6, 6.07) is 2.70. The first-order chi connectivity index (χ1) is 17.3. The third-order valence-electron chi connectivity index (χ3n) is 6.81. The highest BCUT2D eigenvalue weighted by Gasteiger charge is 2.43. The van der Waals surface area contributed by atoms with Gasteiger partial charge in [-0.3, -0.25) is 20.6 Å². The molecule has 1 amide bonds. The topological polar surface area (TPSA) is 87.4 Å². The van der Waals surface area contributed by atoms with Crippen molar-refractivity contribution in [1.82, 2.24) is 14.8 Å². The zero-order valence-corrected chi connectivity index (χ0v) is 20.3. The normalized spacial score (nSPS) is 21.2. The van der Waals surface area contributed by atoms with Crippen LogP contribution in [-0.4, -0.2) is 71.3 Å². The number of benzene rings is 1. The van der Waals surface area contributed by atoms with Gasteiger partial charge >= 0.3 is 6.18 Å². The number of fused-ring (bicyclic) bond motifs is 1. The number of nitrogens with one attached hydrogen (secondary N) is 2. The van der Waals surface area contributed by atoms with E-state index in [1.807, 2.05) is 0 Å². The maximum Gasteiger partial charge on any atom is 0.449 e. The van der Waals surface area contributed by atoms with E-state index < -0.39 is 36.0 Å². The fourth-order valence-corrected chi connectivity index (χ4v) is 5.11. The van der Waals surface area contributed by atoms with E-state index >= 15 is 0 Å². The molecule has 2 fully saturated rings. The van der Waals surface area contributed by atoms with Crippen molar-refractivity contribution >= 4 is 45.8 Å². The van der Waals surface area contributed by atoms with Crippen LogP contribution in [0.3, 0.4) is 0 Å². The molecule has 2 aliphatic rings. The molecule has 3 heterocycles. The maximum absolute atomic E-state index is 14.6. The molecule has 2 unspecified atom stereocenters. The average Bonchev–Trinajstić information content (AvgIpc) is 2.84. The molecule has 2 aliphatic heterocycles. The third-order valence-corrected chi connectivity index (χ3v) is 7.11. The van der Waals surface area contributed by atoms with Gasteiger partial charge in [0.25, 0.3) is 6.43 Å². The largest absolute Gasteiger partial charge is 0.449 e. The number of halogens is 7. The smallest absolute Gasteiger partial charge is 0.370 e. The quantitative estimate of drug-likeness (QED) is 0.318. The molecule has 37 heavy (non-hydrogen) atoms. The number of hydrogen-bond donors (Lipinski definition) is 2. The summed E-state index contributed by atoms with van der Waals surface area (Å²) in [6.07, 6.45) is -6.60. The molecule has 2 atom stereocenters. The number of amides is 1. The number of pyridine rings is 1. The molecular formula is C23H23ClF6N6O. The Morgan fingerprint density at radius 1 is 1.22 bits per heavy atom. The lowest BCUT2D eigenvalue weighted by molar-refractivity contribution is -0.137. The van der Waals surface area contributed by atoms with Crippen LogP contribution in [0.1, 0.15) is 25.3 Å². The number of nitrogens with zero attached hydrogens (tertiary/aromatic N) is 4. The van der Waals surface area contributed by atoms with Crippen LogP contribution < -0.4 is 4.90 Å². The van der Waals surface area contributed by atoms with Gasteiger partial charge in [-0.25, -0.2) is 13.2 Å². The molecule has 0 aliphatic carbocycles. The first-order valence-corrected chi connectivity index (χ1v) is 11.8. The minimum absolute atomic E-state index is 0.0861. The van der Waals surface area contributed by atoms with Crippen molar-refractivity contribution < 1.29 is 31.1 Å². The monoisotopic (exact) mass is 548 g/mol. The lowest BCUT2D eigenvalue weighted by atomic mass is 9.85. The second-order valence-corrected chi connectivity index (χ2v) is 9.55. The predicted octanol–water partition coefficient (Wildman–Crippen LogP) is 5.09. The number of alkyl halides is 5. The van der Waals surface area contributed by atoms with Gasteiger partial charge in [0.2, 0.25) is 11.7 Å². The second-order valence-electron chi connectivity index (χ2n) is 9.14. The summed E-state index contributed by atoms with van der Waals surface area (Å²) in [5, 5.41) is 15.2. The Kier molecular flexibility index (Phi) is 7.28. The van der Waals surface area contributed by atoms with E-state index in [0.29, 0.717) is 4.90 Å². The van der Waals surface area contributed by atoms with Gasteiger partial charge in [-0.2, -0.15) is 13.2 Å². The Morgan fingerprint density at radius 2 is 1.92 bits per heavy atom. The third kappa shape index (κ3) is 5.05. The van der Waals surface area contributed by atoms with Crippen LogP contribution in [0.25, 0.3) is 10.9 Å². The highest BCUT2D eigenvalue weighted by Crippen LogP contribution is 2.40. The average molecular weight is 549 g/mol. The number of piperidine rings is 1. The number of hydrogen-bond acceptors (Lipinski definition) is 5. The minimum Gasteiger partial charge on any atom is -0.370 e. The van der Waals surface area contributed by atoms with Crippen LogP contribution in [-0.2, 0) is 4.79 Å². The first kappa shape index (κ1) is 27.0. The molecule has 1 aromatic heterocycles. The molecule has 2 saturated heterocycles. The van der Waals surface area contributed by atoms with Crippen molar-refractivity contribution in [3.05, 3.63) is 34.7 Å². The summed E-state index contributed by atoms with van der Waals surface area (Å²) in [4.78, 5) is 20.6. The van der Waals surface area contributed by atoms with Crippen LogP contribution in [0.5, 0.6) is 0 Å². The fourth-order valence-electron chi connectivity index (χ4n) is 4.96.